The SMILES string of the molecule is COc1cc(CN)c(O)c(C(F)F)c1. The molecule has 0 heterocycles. The molecular formula is C9H11F2NO2. The second-order valence-corrected chi connectivity index (χ2v) is 2.73. The van der Waals surface area contributed by atoms with E-state index in [0.29, 0.717) is 0 Å². The monoisotopic (exact) mass is 203 g/mol. The number of nitrogens with two attached hydrogens (primary N) is 1. The zero-order valence-corrected chi connectivity index (χ0v) is 7.63. The Morgan fingerprint density at radius 1 is 1.50 bits per heavy atom. The number of phenolic OH excluding ortho intramolecular Hbond substituents is 1. The fraction of sp³-hybridized carbons (Fsp3) is 0.333. The number of rotatable bonds is 3. The molecule has 0 aliphatic carbocycles. The molecule has 1 aromatic rings. The number of methoxy groups -OCH3 is 1. The summed E-state index contributed by atoms with van der Waals surface area (Å²) in [5, 5.41) is 9.36. The zero-order chi connectivity index (χ0) is 10.7. The molecule has 0 fully saturated rings. The highest BCUT2D eigenvalue weighted by Gasteiger charge is 2.17. The predicted molar refractivity (Wildman–Crippen MR) is 47.5 cm³/mol. The molecule has 0 saturated carbocycles. The van der Waals surface area contributed by atoms with Crippen molar-refractivity contribution in [1.82, 2.24) is 0 Å². The molecule has 14 heavy (non-hydrogen) atoms. The lowest BCUT2D eigenvalue weighted by atomic mass is 10.1. The Morgan fingerprint density at radius 2 is 2.14 bits per heavy atom. The van der Waals surface area contributed by atoms with Crippen molar-refractivity contribution >= 4 is 0 Å². The summed E-state index contributed by atoms with van der Waals surface area (Å²) in [6.07, 6.45) is -2.74. The fourth-order valence-corrected chi connectivity index (χ4v) is 1.13. The van der Waals surface area contributed by atoms with Gasteiger partial charge in [-0.05, 0) is 12.1 Å². The van der Waals surface area contributed by atoms with E-state index in [0.717, 1.165) is 6.07 Å². The first-order valence-corrected chi connectivity index (χ1v) is 3.98. The van der Waals surface area contributed by atoms with E-state index in [2.05, 4.69) is 0 Å². The molecule has 3 N–H and O–H groups in total. The van der Waals surface area contributed by atoms with Crippen molar-refractivity contribution in [2.75, 3.05) is 7.11 Å². The average molecular weight is 203 g/mol. The van der Waals surface area contributed by atoms with Crippen molar-refractivity contribution in [3.8, 4) is 11.5 Å². The van der Waals surface area contributed by atoms with E-state index in [-0.39, 0.29) is 17.9 Å². The molecule has 0 atom stereocenters. The molecule has 78 valence electrons. The summed E-state index contributed by atoms with van der Waals surface area (Å²) in [6.45, 7) is -0.0112. The molecule has 3 nitrogen and oxygen atoms in total. The molecular weight excluding hydrogens is 192 g/mol. The van der Waals surface area contributed by atoms with Crippen LogP contribution in [0.1, 0.15) is 17.6 Å². The van der Waals surface area contributed by atoms with Crippen LogP contribution in [0.4, 0.5) is 8.78 Å². The van der Waals surface area contributed by atoms with Crippen molar-refractivity contribution in [2.24, 2.45) is 5.73 Å². The Bertz CT molecular complexity index is 329. The van der Waals surface area contributed by atoms with Gasteiger partial charge in [0.25, 0.3) is 6.43 Å². The second-order valence-electron chi connectivity index (χ2n) is 2.73. The third-order valence-electron chi connectivity index (χ3n) is 1.88. The molecule has 0 unspecified atom stereocenters. The standard InChI is InChI=1S/C9H11F2NO2/c1-14-6-2-5(4-12)8(13)7(3-6)9(10)11/h2-3,9,13H,4,12H2,1H3. The molecule has 0 radical (unpaired) electrons. The number of alkyl halides is 2. The van der Waals surface area contributed by atoms with E-state index in [9.17, 15) is 13.9 Å². The highest BCUT2D eigenvalue weighted by atomic mass is 19.3. The Hall–Kier alpha value is -1.36. The first kappa shape index (κ1) is 10.7. The van der Waals surface area contributed by atoms with Crippen LogP contribution in [0.15, 0.2) is 12.1 Å². The topological polar surface area (TPSA) is 55.5 Å². The molecule has 0 amide bonds. The van der Waals surface area contributed by atoms with Gasteiger partial charge in [-0.25, -0.2) is 8.78 Å². The molecule has 1 aromatic carbocycles. The van der Waals surface area contributed by atoms with Crippen LogP contribution in [0.25, 0.3) is 0 Å². The third kappa shape index (κ3) is 1.93. The molecule has 0 bridgehead atoms. The minimum absolute atomic E-state index is 0.0112. The van der Waals surface area contributed by atoms with Gasteiger partial charge >= 0.3 is 0 Å². The Balaban J connectivity index is 3.27. The lowest BCUT2D eigenvalue weighted by Crippen LogP contribution is -2.00. The molecule has 0 aliphatic rings. The normalized spacial score (nSPS) is 10.6. The van der Waals surface area contributed by atoms with E-state index in [1.54, 1.807) is 0 Å². The lowest BCUT2D eigenvalue weighted by molar-refractivity contribution is 0.147. The van der Waals surface area contributed by atoms with E-state index in [1.807, 2.05) is 0 Å². The molecule has 0 aromatic heterocycles. The minimum Gasteiger partial charge on any atom is -0.507 e. The average Bonchev–Trinajstić information content (AvgIpc) is 2.17. The Kier molecular flexibility index (Phi) is 3.24. The number of benzene rings is 1. The number of phenols is 1. The van der Waals surface area contributed by atoms with Crippen molar-refractivity contribution in [3.05, 3.63) is 23.3 Å². The molecule has 0 spiro atoms. The van der Waals surface area contributed by atoms with E-state index >= 15 is 0 Å². The van der Waals surface area contributed by atoms with E-state index < -0.39 is 17.7 Å². The number of ether oxygens (including phenoxy) is 1. The molecule has 0 aliphatic heterocycles. The number of halogens is 2. The first-order chi connectivity index (χ1) is 6.60. The van der Waals surface area contributed by atoms with Crippen molar-refractivity contribution in [3.63, 3.8) is 0 Å². The van der Waals surface area contributed by atoms with Crippen molar-refractivity contribution in [2.45, 2.75) is 13.0 Å². The van der Waals surface area contributed by atoms with Crippen LogP contribution >= 0.6 is 0 Å². The van der Waals surface area contributed by atoms with E-state index in [1.165, 1.54) is 13.2 Å². The quantitative estimate of drug-likeness (QED) is 0.787. The summed E-state index contributed by atoms with van der Waals surface area (Å²) in [7, 11) is 1.36. The van der Waals surface area contributed by atoms with Gasteiger partial charge in [0.05, 0.1) is 12.7 Å². The van der Waals surface area contributed by atoms with Gasteiger partial charge in [0.2, 0.25) is 0 Å². The van der Waals surface area contributed by atoms with Crippen molar-refractivity contribution in [1.29, 1.82) is 0 Å². The highest BCUT2D eigenvalue weighted by molar-refractivity contribution is 5.46. The van der Waals surface area contributed by atoms with E-state index in [4.69, 9.17) is 10.5 Å². The summed E-state index contributed by atoms with van der Waals surface area (Å²) >= 11 is 0. The maximum atomic E-state index is 12.4. The zero-order valence-electron chi connectivity index (χ0n) is 7.63. The third-order valence-corrected chi connectivity index (χ3v) is 1.88. The van der Waals surface area contributed by atoms with Gasteiger partial charge in [-0.2, -0.15) is 0 Å². The first-order valence-electron chi connectivity index (χ1n) is 3.98. The van der Waals surface area contributed by atoms with Crippen LogP contribution in [0.5, 0.6) is 11.5 Å². The van der Waals surface area contributed by atoms with Crippen LogP contribution < -0.4 is 10.5 Å². The predicted octanol–water partition coefficient (Wildman–Crippen LogP) is 1.80. The largest absolute Gasteiger partial charge is 0.507 e. The summed E-state index contributed by atoms with van der Waals surface area (Å²) in [5.74, 6) is -0.193. The number of hydrogen-bond donors (Lipinski definition) is 2. The van der Waals surface area contributed by atoms with Crippen molar-refractivity contribution < 1.29 is 18.6 Å². The molecule has 5 heteroatoms. The Labute approximate surface area is 80.1 Å². The van der Waals surface area contributed by atoms with Crippen LogP contribution in [0, 0.1) is 0 Å². The number of hydrogen-bond acceptors (Lipinski definition) is 3. The lowest BCUT2D eigenvalue weighted by Gasteiger charge is -2.10. The fourth-order valence-electron chi connectivity index (χ4n) is 1.13. The van der Waals surface area contributed by atoms with Gasteiger partial charge in [0.1, 0.15) is 11.5 Å². The van der Waals surface area contributed by atoms with Crippen LogP contribution in [0.2, 0.25) is 0 Å². The van der Waals surface area contributed by atoms with Gasteiger partial charge in [-0.3, -0.25) is 0 Å². The van der Waals surface area contributed by atoms with Gasteiger partial charge in [0.15, 0.2) is 0 Å². The molecule has 0 saturated heterocycles. The van der Waals surface area contributed by atoms with Crippen LogP contribution in [-0.4, -0.2) is 12.2 Å². The second kappa shape index (κ2) is 4.23. The highest BCUT2D eigenvalue weighted by Crippen LogP contribution is 2.34. The number of aromatic hydroxyl groups is 1. The smallest absolute Gasteiger partial charge is 0.267 e. The van der Waals surface area contributed by atoms with Crippen LogP contribution in [-0.2, 0) is 6.54 Å². The maximum Gasteiger partial charge on any atom is 0.267 e. The van der Waals surface area contributed by atoms with Gasteiger partial charge in [-0.1, -0.05) is 0 Å². The summed E-state index contributed by atoms with van der Waals surface area (Å²) < 4.78 is 29.6. The molecule has 1 rings (SSSR count). The van der Waals surface area contributed by atoms with Gasteiger partial charge in [-0.15, -0.1) is 0 Å². The minimum atomic E-state index is -2.74. The van der Waals surface area contributed by atoms with Gasteiger partial charge < -0.3 is 15.6 Å². The summed E-state index contributed by atoms with van der Waals surface area (Å²) in [6, 6.07) is 2.53. The Morgan fingerprint density at radius 3 is 2.57 bits per heavy atom. The maximum absolute atomic E-state index is 12.4. The van der Waals surface area contributed by atoms with Crippen LogP contribution in [0.3, 0.4) is 0 Å². The van der Waals surface area contributed by atoms with Gasteiger partial charge in [0, 0.05) is 12.1 Å². The summed E-state index contributed by atoms with van der Waals surface area (Å²) in [4.78, 5) is 0. The summed E-state index contributed by atoms with van der Waals surface area (Å²) in [5.41, 5.74) is 5.08.